The van der Waals surface area contributed by atoms with E-state index in [1.807, 2.05) is 7.05 Å². The molecule has 0 aromatic heterocycles. The molecule has 21 heavy (non-hydrogen) atoms. The van der Waals surface area contributed by atoms with Crippen LogP contribution in [0.25, 0.3) is 0 Å². The topological polar surface area (TPSA) is 107 Å². The van der Waals surface area contributed by atoms with Gasteiger partial charge >= 0.3 is 13.1 Å². The highest BCUT2D eigenvalue weighted by Crippen LogP contribution is 2.38. The monoisotopic (exact) mass is 300 g/mol. The van der Waals surface area contributed by atoms with Gasteiger partial charge < -0.3 is 25.8 Å². The second kappa shape index (κ2) is 7.58. The van der Waals surface area contributed by atoms with Crippen LogP contribution in [0, 0.1) is 11.8 Å². The SMILES string of the molecule is CC(C)N(C)CC1CCC(CCB(O)O)CC1(N)C(=O)O. The first kappa shape index (κ1) is 18.4. The van der Waals surface area contributed by atoms with Crippen molar-refractivity contribution in [2.45, 2.75) is 57.4 Å². The number of nitrogens with two attached hydrogens (primary N) is 1. The number of carbonyl (C=O) groups is 1. The molecule has 0 amide bonds. The molecular weight excluding hydrogens is 271 g/mol. The summed E-state index contributed by atoms with van der Waals surface area (Å²) >= 11 is 0. The highest BCUT2D eigenvalue weighted by Gasteiger charge is 2.47. The van der Waals surface area contributed by atoms with E-state index in [0.717, 1.165) is 12.8 Å². The van der Waals surface area contributed by atoms with E-state index in [-0.39, 0.29) is 18.2 Å². The Kier molecular flexibility index (Phi) is 6.65. The number of hydrogen-bond acceptors (Lipinski definition) is 5. The zero-order valence-corrected chi connectivity index (χ0v) is 13.3. The quantitative estimate of drug-likeness (QED) is 0.507. The molecule has 0 bridgehead atoms. The molecule has 0 radical (unpaired) electrons. The molecule has 0 saturated heterocycles. The molecule has 0 aliphatic heterocycles. The Balaban J connectivity index is 2.72. The zero-order chi connectivity index (χ0) is 16.2. The molecule has 122 valence electrons. The molecule has 1 aliphatic rings. The van der Waals surface area contributed by atoms with Gasteiger partial charge in [0.25, 0.3) is 0 Å². The fourth-order valence-electron chi connectivity index (χ4n) is 3.15. The Morgan fingerprint density at radius 2 is 2.05 bits per heavy atom. The molecule has 1 fully saturated rings. The zero-order valence-electron chi connectivity index (χ0n) is 13.3. The van der Waals surface area contributed by atoms with Crippen molar-refractivity contribution in [3.05, 3.63) is 0 Å². The third kappa shape index (κ3) is 4.95. The van der Waals surface area contributed by atoms with Crippen LogP contribution >= 0.6 is 0 Å². The molecule has 3 unspecified atom stereocenters. The predicted molar refractivity (Wildman–Crippen MR) is 82.8 cm³/mol. The third-order valence-electron chi connectivity index (χ3n) is 4.90. The normalized spacial score (nSPS) is 29.9. The minimum Gasteiger partial charge on any atom is -0.480 e. The summed E-state index contributed by atoms with van der Waals surface area (Å²) in [4.78, 5) is 13.8. The lowest BCUT2D eigenvalue weighted by molar-refractivity contribution is -0.148. The molecule has 1 rings (SSSR count). The lowest BCUT2D eigenvalue weighted by Crippen LogP contribution is -2.60. The summed E-state index contributed by atoms with van der Waals surface area (Å²) in [6, 6.07) is 0.352. The van der Waals surface area contributed by atoms with E-state index >= 15 is 0 Å². The number of aliphatic carboxylic acids is 1. The Morgan fingerprint density at radius 1 is 1.43 bits per heavy atom. The summed E-state index contributed by atoms with van der Waals surface area (Å²) in [5, 5.41) is 27.5. The largest absolute Gasteiger partial charge is 0.480 e. The maximum atomic E-state index is 11.7. The van der Waals surface area contributed by atoms with Crippen molar-refractivity contribution >= 4 is 13.1 Å². The van der Waals surface area contributed by atoms with Gasteiger partial charge in [-0.2, -0.15) is 0 Å². The minimum atomic E-state index is -1.33. The molecular formula is C14H29BN2O4. The molecule has 1 aliphatic carbocycles. The van der Waals surface area contributed by atoms with Crippen LogP contribution in [0.4, 0.5) is 0 Å². The van der Waals surface area contributed by atoms with E-state index in [9.17, 15) is 9.90 Å². The minimum absolute atomic E-state index is 0.0716. The van der Waals surface area contributed by atoms with E-state index in [1.165, 1.54) is 0 Å². The molecule has 1 saturated carbocycles. The van der Waals surface area contributed by atoms with Crippen LogP contribution in [0.3, 0.4) is 0 Å². The number of hydrogen-bond donors (Lipinski definition) is 4. The van der Waals surface area contributed by atoms with Crippen LogP contribution in [0.1, 0.15) is 39.5 Å². The standard InChI is InChI=1S/C14H29BN2O4/c1-10(2)17(3)9-12-5-4-11(6-7-15(20)21)8-14(12,16)13(18)19/h10-12,20-21H,4-9,16H2,1-3H3,(H,18,19). The smallest absolute Gasteiger partial charge is 0.451 e. The van der Waals surface area contributed by atoms with E-state index in [4.69, 9.17) is 15.8 Å². The van der Waals surface area contributed by atoms with Crippen LogP contribution in [-0.4, -0.2) is 58.3 Å². The van der Waals surface area contributed by atoms with Crippen LogP contribution in [0.5, 0.6) is 0 Å². The summed E-state index contributed by atoms with van der Waals surface area (Å²) in [5.41, 5.74) is 5.02. The average Bonchev–Trinajstić information content (AvgIpc) is 2.38. The van der Waals surface area contributed by atoms with Crippen LogP contribution in [0.2, 0.25) is 6.32 Å². The van der Waals surface area contributed by atoms with Gasteiger partial charge in [-0.25, -0.2) is 0 Å². The summed E-state index contributed by atoms with van der Waals surface area (Å²) in [5.74, 6) is -0.870. The summed E-state index contributed by atoms with van der Waals surface area (Å²) in [7, 11) is 0.660. The lowest BCUT2D eigenvalue weighted by atomic mass is 9.66. The Morgan fingerprint density at radius 3 is 2.52 bits per heavy atom. The highest BCUT2D eigenvalue weighted by atomic mass is 16.4. The Hall–Kier alpha value is -0.625. The fraction of sp³-hybridized carbons (Fsp3) is 0.929. The molecule has 0 heterocycles. The molecule has 6 nitrogen and oxygen atoms in total. The van der Waals surface area contributed by atoms with Gasteiger partial charge in [-0.15, -0.1) is 0 Å². The van der Waals surface area contributed by atoms with Crippen LogP contribution in [0.15, 0.2) is 0 Å². The first-order chi connectivity index (χ1) is 9.66. The highest BCUT2D eigenvalue weighted by molar-refractivity contribution is 6.40. The third-order valence-corrected chi connectivity index (χ3v) is 4.90. The molecule has 0 aromatic rings. The fourth-order valence-corrected chi connectivity index (χ4v) is 3.15. The number of nitrogens with zero attached hydrogens (tertiary/aromatic N) is 1. The predicted octanol–water partition coefficient (Wildman–Crippen LogP) is 0.388. The van der Waals surface area contributed by atoms with Crippen molar-refractivity contribution in [1.82, 2.24) is 4.90 Å². The van der Waals surface area contributed by atoms with Gasteiger partial charge in [0.2, 0.25) is 0 Å². The van der Waals surface area contributed by atoms with Crippen molar-refractivity contribution < 1.29 is 19.9 Å². The van der Waals surface area contributed by atoms with Crippen molar-refractivity contribution in [2.75, 3.05) is 13.6 Å². The van der Waals surface area contributed by atoms with Gasteiger partial charge in [0.15, 0.2) is 0 Å². The molecule has 3 atom stereocenters. The number of carboxylic acid groups (broad SMARTS) is 1. The maximum absolute atomic E-state index is 11.7. The van der Waals surface area contributed by atoms with Crippen molar-refractivity contribution in [3.8, 4) is 0 Å². The molecule has 0 aromatic carbocycles. The summed E-state index contributed by atoms with van der Waals surface area (Å²) < 4.78 is 0. The van der Waals surface area contributed by atoms with Gasteiger partial charge in [0.1, 0.15) is 5.54 Å². The maximum Gasteiger partial charge on any atom is 0.451 e. The van der Waals surface area contributed by atoms with Gasteiger partial charge in [-0.05, 0) is 52.4 Å². The van der Waals surface area contributed by atoms with E-state index in [1.54, 1.807) is 0 Å². The Bertz CT molecular complexity index is 354. The lowest BCUT2D eigenvalue weighted by Gasteiger charge is -2.43. The first-order valence-corrected chi connectivity index (χ1v) is 7.75. The second-order valence-electron chi connectivity index (χ2n) is 6.78. The van der Waals surface area contributed by atoms with Crippen LogP contribution < -0.4 is 5.73 Å². The van der Waals surface area contributed by atoms with Crippen molar-refractivity contribution in [3.63, 3.8) is 0 Å². The summed E-state index contributed by atoms with van der Waals surface area (Å²) in [6.07, 6.45) is 2.96. The molecule has 0 spiro atoms. The van der Waals surface area contributed by atoms with Crippen LogP contribution in [-0.2, 0) is 4.79 Å². The first-order valence-electron chi connectivity index (χ1n) is 7.75. The van der Waals surface area contributed by atoms with Gasteiger partial charge in [-0.1, -0.05) is 6.42 Å². The number of rotatable bonds is 7. The van der Waals surface area contributed by atoms with Crippen molar-refractivity contribution in [2.24, 2.45) is 17.6 Å². The molecule has 5 N–H and O–H groups in total. The number of carboxylic acids is 1. The van der Waals surface area contributed by atoms with E-state index < -0.39 is 18.6 Å². The van der Waals surface area contributed by atoms with Crippen molar-refractivity contribution in [1.29, 1.82) is 0 Å². The second-order valence-corrected chi connectivity index (χ2v) is 6.78. The molecule has 7 heteroatoms. The summed E-state index contributed by atoms with van der Waals surface area (Å²) in [6.45, 7) is 4.83. The van der Waals surface area contributed by atoms with Gasteiger partial charge in [-0.3, -0.25) is 4.79 Å². The average molecular weight is 300 g/mol. The van der Waals surface area contributed by atoms with Gasteiger partial charge in [0, 0.05) is 18.5 Å². The van der Waals surface area contributed by atoms with Gasteiger partial charge in [0.05, 0.1) is 0 Å². The van der Waals surface area contributed by atoms with E-state index in [2.05, 4.69) is 18.7 Å². The van der Waals surface area contributed by atoms with E-state index in [0.29, 0.717) is 25.4 Å². The Labute approximate surface area is 127 Å².